The highest BCUT2D eigenvalue weighted by atomic mass is 32.1. The lowest BCUT2D eigenvalue weighted by Crippen LogP contribution is -2.13. The van der Waals surface area contributed by atoms with E-state index in [0.717, 1.165) is 9.75 Å². The summed E-state index contributed by atoms with van der Waals surface area (Å²) in [5.74, 6) is 0.584. The van der Waals surface area contributed by atoms with E-state index in [-0.39, 0.29) is 11.8 Å². The molecule has 5 nitrogen and oxygen atoms in total. The third-order valence-corrected chi connectivity index (χ3v) is 4.09. The number of thiophene rings is 1. The van der Waals surface area contributed by atoms with E-state index >= 15 is 0 Å². The zero-order valence-electron chi connectivity index (χ0n) is 12.5. The van der Waals surface area contributed by atoms with Crippen molar-refractivity contribution in [2.45, 2.75) is 33.5 Å². The summed E-state index contributed by atoms with van der Waals surface area (Å²) in [6.07, 6.45) is 2.04. The molecule has 21 heavy (non-hydrogen) atoms. The number of nitrogens with one attached hydrogen (secondary N) is 1. The number of aromatic amines is 1. The van der Waals surface area contributed by atoms with E-state index in [0.29, 0.717) is 31.0 Å². The van der Waals surface area contributed by atoms with Crippen molar-refractivity contribution in [3.05, 3.63) is 39.1 Å². The Hall–Kier alpha value is -1.50. The first kappa shape index (κ1) is 15.9. The molecule has 2 rings (SSSR count). The average molecular weight is 308 g/mol. The maximum atomic E-state index is 11.8. The fourth-order valence-corrected chi connectivity index (χ4v) is 2.88. The highest BCUT2D eigenvalue weighted by Crippen LogP contribution is 2.31. The average Bonchev–Trinajstić information content (AvgIpc) is 2.96. The predicted molar refractivity (Wildman–Crippen MR) is 83.5 cm³/mol. The van der Waals surface area contributed by atoms with Crippen molar-refractivity contribution in [3.8, 4) is 10.7 Å². The van der Waals surface area contributed by atoms with Crippen molar-refractivity contribution in [2.24, 2.45) is 0 Å². The molecule has 0 aliphatic heterocycles. The van der Waals surface area contributed by atoms with E-state index in [1.165, 1.54) is 11.3 Å². The maximum absolute atomic E-state index is 11.8. The van der Waals surface area contributed by atoms with Gasteiger partial charge in [0, 0.05) is 25.0 Å². The number of rotatable bonds is 7. The van der Waals surface area contributed by atoms with Crippen LogP contribution in [0, 0.1) is 0 Å². The highest BCUT2D eigenvalue weighted by molar-refractivity contribution is 7.15. The van der Waals surface area contributed by atoms with E-state index in [4.69, 9.17) is 9.47 Å². The third kappa shape index (κ3) is 3.78. The van der Waals surface area contributed by atoms with Gasteiger partial charge in [-0.05, 0) is 32.4 Å². The number of H-pyrrole nitrogens is 1. The van der Waals surface area contributed by atoms with Gasteiger partial charge in [0.2, 0.25) is 0 Å². The first-order valence-corrected chi connectivity index (χ1v) is 7.93. The second-order valence-electron chi connectivity index (χ2n) is 4.38. The van der Waals surface area contributed by atoms with Gasteiger partial charge in [-0.3, -0.25) is 4.79 Å². The van der Waals surface area contributed by atoms with Crippen molar-refractivity contribution in [2.75, 3.05) is 13.2 Å². The van der Waals surface area contributed by atoms with E-state index in [1.54, 1.807) is 6.20 Å². The molecule has 0 saturated heterocycles. The predicted octanol–water partition coefficient (Wildman–Crippen LogP) is 3.13. The van der Waals surface area contributed by atoms with Gasteiger partial charge in [0.15, 0.2) is 12.1 Å². The number of hydrogen-bond donors (Lipinski definition) is 1. The number of nitrogens with zero attached hydrogens (tertiary/aromatic N) is 1. The molecule has 2 aromatic rings. The van der Waals surface area contributed by atoms with Crippen LogP contribution in [-0.2, 0) is 15.9 Å². The minimum atomic E-state index is -0.361. The summed E-state index contributed by atoms with van der Waals surface area (Å²) in [4.78, 5) is 20.9. The van der Waals surface area contributed by atoms with Gasteiger partial charge >= 0.3 is 0 Å². The molecule has 2 heterocycles. The Bertz CT molecular complexity index is 630. The number of aromatic nitrogens is 2. The molecule has 0 atom stereocenters. The topological polar surface area (TPSA) is 64.2 Å². The molecule has 0 bridgehead atoms. The van der Waals surface area contributed by atoms with Gasteiger partial charge in [-0.2, -0.15) is 4.98 Å². The molecule has 6 heteroatoms. The standard InChI is InChI=1S/C15H20N2O3S/c1-4-10-9-16-13(17-14(10)18)11-7-8-12(21-11)15(19-5-2)20-6-3/h7-9,15H,4-6H2,1-3H3,(H,16,17,18). The first-order chi connectivity index (χ1) is 10.2. The Morgan fingerprint density at radius 1 is 1.24 bits per heavy atom. The number of aryl methyl sites for hydroxylation is 1. The first-order valence-electron chi connectivity index (χ1n) is 7.11. The van der Waals surface area contributed by atoms with Gasteiger partial charge < -0.3 is 14.5 Å². The van der Waals surface area contributed by atoms with Crippen molar-refractivity contribution >= 4 is 11.3 Å². The minimum absolute atomic E-state index is 0.174. The number of ether oxygens (including phenoxy) is 2. The van der Waals surface area contributed by atoms with Crippen LogP contribution in [0.25, 0.3) is 10.7 Å². The lowest BCUT2D eigenvalue weighted by molar-refractivity contribution is -0.138. The minimum Gasteiger partial charge on any atom is -0.348 e. The SMILES string of the molecule is CCOC(OCC)c1ccc(-c2nc(=O)c(CC)c[nH]2)s1. The Labute approximate surface area is 128 Å². The quantitative estimate of drug-likeness (QED) is 0.798. The molecule has 0 unspecified atom stereocenters. The van der Waals surface area contributed by atoms with Crippen LogP contribution in [-0.4, -0.2) is 23.2 Å². The van der Waals surface area contributed by atoms with Gasteiger partial charge in [0.25, 0.3) is 5.56 Å². The molecule has 0 aliphatic rings. The molecule has 0 aromatic carbocycles. The van der Waals surface area contributed by atoms with Crippen LogP contribution < -0.4 is 5.56 Å². The summed E-state index contributed by atoms with van der Waals surface area (Å²) < 4.78 is 11.1. The van der Waals surface area contributed by atoms with Crippen molar-refractivity contribution in [1.82, 2.24) is 9.97 Å². The van der Waals surface area contributed by atoms with Crippen molar-refractivity contribution in [1.29, 1.82) is 0 Å². The Balaban J connectivity index is 2.26. The Morgan fingerprint density at radius 3 is 2.52 bits per heavy atom. The summed E-state index contributed by atoms with van der Waals surface area (Å²) >= 11 is 1.51. The second-order valence-corrected chi connectivity index (χ2v) is 5.49. The van der Waals surface area contributed by atoms with Crippen molar-refractivity contribution in [3.63, 3.8) is 0 Å². The van der Waals surface area contributed by atoms with Crippen LogP contribution in [0.2, 0.25) is 0 Å². The lowest BCUT2D eigenvalue weighted by atomic mass is 10.2. The van der Waals surface area contributed by atoms with Gasteiger partial charge in [-0.25, -0.2) is 0 Å². The van der Waals surface area contributed by atoms with Crippen LogP contribution in [0.1, 0.15) is 37.5 Å². The normalized spacial score (nSPS) is 11.2. The van der Waals surface area contributed by atoms with E-state index < -0.39 is 0 Å². The van der Waals surface area contributed by atoms with Gasteiger partial charge in [-0.1, -0.05) is 6.92 Å². The van der Waals surface area contributed by atoms with Crippen LogP contribution in [0.5, 0.6) is 0 Å². The largest absolute Gasteiger partial charge is 0.348 e. The van der Waals surface area contributed by atoms with Crippen LogP contribution in [0.3, 0.4) is 0 Å². The van der Waals surface area contributed by atoms with Crippen molar-refractivity contribution < 1.29 is 9.47 Å². The van der Waals surface area contributed by atoms with Crippen LogP contribution >= 0.6 is 11.3 Å². The van der Waals surface area contributed by atoms with E-state index in [1.807, 2.05) is 32.9 Å². The van der Waals surface area contributed by atoms with Gasteiger partial charge in [-0.15, -0.1) is 11.3 Å². The summed E-state index contributed by atoms with van der Waals surface area (Å²) in [6, 6.07) is 3.87. The lowest BCUT2D eigenvalue weighted by Gasteiger charge is -2.14. The molecule has 0 spiro atoms. The summed E-state index contributed by atoms with van der Waals surface area (Å²) in [5, 5.41) is 0. The molecule has 0 amide bonds. The molecule has 114 valence electrons. The molecule has 0 fully saturated rings. The van der Waals surface area contributed by atoms with Gasteiger partial charge in [0.1, 0.15) is 0 Å². The smallest absolute Gasteiger partial charge is 0.276 e. The third-order valence-electron chi connectivity index (χ3n) is 2.98. The molecular weight excluding hydrogens is 288 g/mol. The number of hydrogen-bond acceptors (Lipinski definition) is 5. The fourth-order valence-electron chi connectivity index (χ4n) is 1.92. The molecule has 0 saturated carbocycles. The summed E-state index contributed by atoms with van der Waals surface area (Å²) in [7, 11) is 0. The zero-order valence-corrected chi connectivity index (χ0v) is 13.3. The van der Waals surface area contributed by atoms with E-state index in [9.17, 15) is 4.79 Å². The summed E-state index contributed by atoms with van der Waals surface area (Å²) in [5.41, 5.74) is 0.518. The Kier molecular flexibility index (Phi) is 5.67. The van der Waals surface area contributed by atoms with Crippen LogP contribution in [0.15, 0.2) is 23.1 Å². The van der Waals surface area contributed by atoms with E-state index in [2.05, 4.69) is 9.97 Å². The molecule has 0 radical (unpaired) electrons. The maximum Gasteiger partial charge on any atom is 0.276 e. The zero-order chi connectivity index (χ0) is 15.2. The molecular formula is C15H20N2O3S. The molecule has 2 aromatic heterocycles. The fraction of sp³-hybridized carbons (Fsp3) is 0.467. The molecule has 1 N–H and O–H groups in total. The summed E-state index contributed by atoms with van der Waals surface area (Å²) in [6.45, 7) is 6.96. The van der Waals surface area contributed by atoms with Crippen LogP contribution in [0.4, 0.5) is 0 Å². The van der Waals surface area contributed by atoms with Gasteiger partial charge in [0.05, 0.1) is 9.75 Å². The Morgan fingerprint density at radius 2 is 1.95 bits per heavy atom. The monoisotopic (exact) mass is 308 g/mol. The highest BCUT2D eigenvalue weighted by Gasteiger charge is 2.15. The molecule has 0 aliphatic carbocycles. The second kappa shape index (κ2) is 7.49.